The van der Waals surface area contributed by atoms with Gasteiger partial charge in [-0.3, -0.25) is 0 Å². The van der Waals surface area contributed by atoms with Gasteiger partial charge in [0.25, 0.3) is 0 Å². The van der Waals surface area contributed by atoms with Crippen molar-refractivity contribution in [2.24, 2.45) is 27.3 Å². The minimum Gasteiger partial charge on any atom is -0.317 e. The number of halogens is 3. The first-order chi connectivity index (χ1) is 15.1. The van der Waals surface area contributed by atoms with E-state index in [-0.39, 0.29) is 5.92 Å². The molecule has 2 fully saturated rings. The molecule has 3 unspecified atom stereocenters. The van der Waals surface area contributed by atoms with Gasteiger partial charge in [-0.15, -0.1) is 5.11 Å². The van der Waals surface area contributed by atoms with Crippen molar-refractivity contribution in [2.75, 3.05) is 13.1 Å². The number of allylic oxidation sites excluding steroid dienone is 2. The molecule has 0 radical (unpaired) electrons. The molecule has 3 atom stereocenters. The van der Waals surface area contributed by atoms with Gasteiger partial charge < -0.3 is 10.6 Å². The van der Waals surface area contributed by atoms with E-state index in [0.717, 1.165) is 57.7 Å². The third-order valence-electron chi connectivity index (χ3n) is 6.95. The van der Waals surface area contributed by atoms with Gasteiger partial charge >= 0.3 is 6.18 Å². The SMILES string of the molecule is NS(=O)(=O)C1C(C(F)(F)F)=CC=C(C2CCC(NC3CCNCC3)CC2)C1C1N=NNN1. The number of alkyl halides is 3. The number of sulfonamides is 1. The molecule has 32 heavy (non-hydrogen) atoms. The van der Waals surface area contributed by atoms with Crippen LogP contribution in [0.2, 0.25) is 0 Å². The van der Waals surface area contributed by atoms with E-state index in [4.69, 9.17) is 5.14 Å². The lowest BCUT2D eigenvalue weighted by molar-refractivity contribution is -0.0951. The van der Waals surface area contributed by atoms with Gasteiger partial charge in [0.1, 0.15) is 11.4 Å². The molecule has 6 N–H and O–H groups in total. The predicted octanol–water partition coefficient (Wildman–Crippen LogP) is 1.39. The van der Waals surface area contributed by atoms with E-state index in [9.17, 15) is 21.6 Å². The van der Waals surface area contributed by atoms with Crippen molar-refractivity contribution in [3.05, 3.63) is 23.3 Å². The number of nitrogens with zero attached hydrogens (tertiary/aromatic N) is 2. The maximum Gasteiger partial charge on any atom is 0.414 e. The molecule has 2 heterocycles. The minimum atomic E-state index is -4.82. The number of hydrazine groups is 1. The Hall–Kier alpha value is -1.54. The largest absolute Gasteiger partial charge is 0.414 e. The van der Waals surface area contributed by atoms with Gasteiger partial charge in [0.2, 0.25) is 10.0 Å². The van der Waals surface area contributed by atoms with Crippen LogP contribution in [0, 0.1) is 11.8 Å². The molecular formula is C19H30F3N7O2S. The quantitative estimate of drug-likeness (QED) is 0.407. The average molecular weight is 478 g/mol. The molecule has 0 amide bonds. The average Bonchev–Trinajstić information content (AvgIpc) is 3.27. The Morgan fingerprint density at radius 3 is 2.25 bits per heavy atom. The molecule has 4 rings (SSSR count). The summed E-state index contributed by atoms with van der Waals surface area (Å²) in [4.78, 5) is 0. The summed E-state index contributed by atoms with van der Waals surface area (Å²) in [7, 11) is -4.56. The van der Waals surface area contributed by atoms with E-state index >= 15 is 0 Å². The molecule has 1 saturated carbocycles. The third-order valence-corrected chi connectivity index (χ3v) is 8.20. The van der Waals surface area contributed by atoms with Gasteiger partial charge in [0, 0.05) is 18.0 Å². The minimum absolute atomic E-state index is 0.0426. The highest BCUT2D eigenvalue weighted by atomic mass is 32.2. The first-order valence-corrected chi connectivity index (χ1v) is 12.6. The molecule has 0 aromatic carbocycles. The standard InChI is InChI=1S/C19H30F3N7O2S/c20-19(21,22)15-6-5-14(16(17(15)32(23,30)31)18-26-28-29-27-18)11-1-3-12(4-2-11)25-13-7-9-24-10-8-13/h5-6,11-13,16-18,24-25H,1-4,7-10H2,(H,26,29)(H,27,28)(H2,23,30,31). The molecule has 0 aromatic heterocycles. The molecule has 1 saturated heterocycles. The summed E-state index contributed by atoms with van der Waals surface area (Å²) in [6.07, 6.45) is 1.97. The number of hydrogen-bond donors (Lipinski definition) is 5. The molecule has 13 heteroatoms. The molecule has 9 nitrogen and oxygen atoms in total. The molecule has 2 aliphatic heterocycles. The van der Waals surface area contributed by atoms with Crippen LogP contribution in [0.1, 0.15) is 38.5 Å². The summed E-state index contributed by atoms with van der Waals surface area (Å²) >= 11 is 0. The second kappa shape index (κ2) is 9.37. The van der Waals surface area contributed by atoms with Crippen molar-refractivity contribution in [3.63, 3.8) is 0 Å². The van der Waals surface area contributed by atoms with E-state index < -0.39 is 39.1 Å². The lowest BCUT2D eigenvalue weighted by Gasteiger charge is -2.40. The molecule has 2 aliphatic carbocycles. The summed E-state index contributed by atoms with van der Waals surface area (Å²) in [5, 5.41) is 18.0. The van der Waals surface area contributed by atoms with Crippen molar-refractivity contribution in [1.82, 2.24) is 21.6 Å². The van der Waals surface area contributed by atoms with Crippen molar-refractivity contribution >= 4 is 10.0 Å². The van der Waals surface area contributed by atoms with Gasteiger partial charge in [0.15, 0.2) is 0 Å². The van der Waals surface area contributed by atoms with Gasteiger partial charge in [-0.1, -0.05) is 22.9 Å². The molecule has 4 aliphatic rings. The molecule has 0 spiro atoms. The molecule has 0 bridgehead atoms. The molecule has 180 valence electrons. The zero-order valence-electron chi connectivity index (χ0n) is 17.6. The lowest BCUT2D eigenvalue weighted by atomic mass is 9.72. The summed E-state index contributed by atoms with van der Waals surface area (Å²) < 4.78 is 65.9. The fourth-order valence-corrected chi connectivity index (χ4v) is 6.73. The molecule has 0 aromatic rings. The van der Waals surface area contributed by atoms with Crippen LogP contribution >= 0.6 is 0 Å². The highest BCUT2D eigenvalue weighted by molar-refractivity contribution is 7.90. The Balaban J connectivity index is 1.55. The normalized spacial score (nSPS) is 34.7. The summed E-state index contributed by atoms with van der Waals surface area (Å²) in [5.74, 6) is -1.14. The monoisotopic (exact) mass is 477 g/mol. The van der Waals surface area contributed by atoms with E-state index in [1.165, 1.54) is 6.08 Å². The molecular weight excluding hydrogens is 447 g/mol. The zero-order chi connectivity index (χ0) is 22.9. The van der Waals surface area contributed by atoms with E-state index in [1.54, 1.807) is 0 Å². The van der Waals surface area contributed by atoms with Gasteiger partial charge in [0.05, 0.1) is 5.57 Å². The Labute approximate surface area is 185 Å². The maximum atomic E-state index is 13.7. The second-order valence-electron chi connectivity index (χ2n) is 8.98. The summed E-state index contributed by atoms with van der Waals surface area (Å²) in [5.41, 5.74) is 4.55. The fourth-order valence-electron chi connectivity index (χ4n) is 5.45. The van der Waals surface area contributed by atoms with Gasteiger partial charge in [-0.2, -0.15) is 18.6 Å². The Morgan fingerprint density at radius 1 is 1.03 bits per heavy atom. The van der Waals surface area contributed by atoms with Crippen LogP contribution in [-0.2, 0) is 10.0 Å². The van der Waals surface area contributed by atoms with E-state index in [2.05, 4.69) is 31.9 Å². The second-order valence-corrected chi connectivity index (χ2v) is 10.7. The van der Waals surface area contributed by atoms with Crippen LogP contribution < -0.4 is 26.7 Å². The van der Waals surface area contributed by atoms with Gasteiger partial charge in [-0.05, 0) is 57.5 Å². The van der Waals surface area contributed by atoms with Crippen LogP contribution in [0.5, 0.6) is 0 Å². The predicted molar refractivity (Wildman–Crippen MR) is 112 cm³/mol. The Kier molecular flexibility index (Phi) is 6.92. The van der Waals surface area contributed by atoms with Crippen LogP contribution in [0.25, 0.3) is 0 Å². The number of nitrogens with two attached hydrogens (primary N) is 1. The Bertz CT molecular complexity index is 876. The van der Waals surface area contributed by atoms with Crippen LogP contribution in [0.3, 0.4) is 0 Å². The fraction of sp³-hybridized carbons (Fsp3) is 0.789. The topological polar surface area (TPSA) is 133 Å². The van der Waals surface area contributed by atoms with Crippen LogP contribution in [-0.4, -0.2) is 51.2 Å². The number of primary sulfonamides is 1. The van der Waals surface area contributed by atoms with Gasteiger partial charge in [-0.25, -0.2) is 19.1 Å². The Morgan fingerprint density at radius 2 is 1.69 bits per heavy atom. The van der Waals surface area contributed by atoms with E-state index in [0.29, 0.717) is 17.7 Å². The van der Waals surface area contributed by atoms with Crippen molar-refractivity contribution in [1.29, 1.82) is 0 Å². The van der Waals surface area contributed by atoms with Crippen LogP contribution in [0.15, 0.2) is 33.6 Å². The van der Waals surface area contributed by atoms with Crippen molar-refractivity contribution in [2.45, 2.75) is 68.2 Å². The maximum absolute atomic E-state index is 13.7. The summed E-state index contributed by atoms with van der Waals surface area (Å²) in [6.45, 7) is 2.00. The third kappa shape index (κ3) is 5.16. The highest BCUT2D eigenvalue weighted by Gasteiger charge is 2.53. The first kappa shape index (κ1) is 23.6. The first-order valence-electron chi connectivity index (χ1n) is 11.0. The zero-order valence-corrected chi connectivity index (χ0v) is 18.4. The summed E-state index contributed by atoms with van der Waals surface area (Å²) in [6, 6.07) is 0.843. The highest BCUT2D eigenvalue weighted by Crippen LogP contribution is 2.45. The lowest BCUT2D eigenvalue weighted by Crippen LogP contribution is -2.52. The van der Waals surface area contributed by atoms with Crippen molar-refractivity contribution < 1.29 is 21.6 Å². The van der Waals surface area contributed by atoms with E-state index in [1.807, 2.05) is 0 Å². The number of nitrogens with one attached hydrogen (secondary N) is 4. The number of rotatable bonds is 5. The number of hydrogen-bond acceptors (Lipinski definition) is 8. The number of piperidine rings is 1. The van der Waals surface area contributed by atoms with Crippen LogP contribution in [0.4, 0.5) is 13.2 Å². The van der Waals surface area contributed by atoms with Crippen molar-refractivity contribution in [3.8, 4) is 0 Å². The smallest absolute Gasteiger partial charge is 0.317 e.